The van der Waals surface area contributed by atoms with Crippen LogP contribution >= 0.6 is 15.9 Å². The number of rotatable bonds is 4. The summed E-state index contributed by atoms with van der Waals surface area (Å²) in [7, 11) is 0. The summed E-state index contributed by atoms with van der Waals surface area (Å²) in [4.78, 5) is 12.3. The van der Waals surface area contributed by atoms with E-state index in [-0.39, 0.29) is 17.9 Å². The second-order valence-electron chi connectivity index (χ2n) is 5.64. The summed E-state index contributed by atoms with van der Waals surface area (Å²) < 4.78 is 1.04. The van der Waals surface area contributed by atoms with Gasteiger partial charge in [0.15, 0.2) is 0 Å². The molecule has 0 bridgehead atoms. The zero-order valence-electron chi connectivity index (χ0n) is 11.9. The molecule has 0 spiro atoms. The van der Waals surface area contributed by atoms with Gasteiger partial charge in [0.1, 0.15) is 0 Å². The molecule has 0 saturated heterocycles. The van der Waals surface area contributed by atoms with Crippen LogP contribution in [-0.2, 0) is 4.79 Å². The molecule has 0 aliphatic heterocycles. The SMILES string of the molecule is CC(NC(=O)C1CC1c1ccccc1)c1cccc(Br)c1. The van der Waals surface area contributed by atoms with Crippen LogP contribution in [0.4, 0.5) is 0 Å². The van der Waals surface area contributed by atoms with E-state index >= 15 is 0 Å². The number of hydrogen-bond acceptors (Lipinski definition) is 1. The summed E-state index contributed by atoms with van der Waals surface area (Å²) in [5.41, 5.74) is 2.39. The van der Waals surface area contributed by atoms with Crippen LogP contribution < -0.4 is 5.32 Å². The van der Waals surface area contributed by atoms with Gasteiger partial charge < -0.3 is 5.32 Å². The van der Waals surface area contributed by atoms with E-state index in [1.165, 1.54) is 5.56 Å². The number of carbonyl (C=O) groups excluding carboxylic acids is 1. The fraction of sp³-hybridized carbons (Fsp3) is 0.278. The van der Waals surface area contributed by atoms with E-state index in [9.17, 15) is 4.79 Å². The number of amides is 1. The minimum atomic E-state index is 0.0343. The summed E-state index contributed by atoms with van der Waals surface area (Å²) in [6.45, 7) is 2.03. The molecule has 3 heteroatoms. The van der Waals surface area contributed by atoms with E-state index in [1.807, 2.05) is 49.4 Å². The second-order valence-corrected chi connectivity index (χ2v) is 6.56. The fourth-order valence-corrected chi connectivity index (χ4v) is 3.15. The lowest BCUT2D eigenvalue weighted by atomic mass is 10.1. The van der Waals surface area contributed by atoms with Gasteiger partial charge in [0.05, 0.1) is 6.04 Å². The van der Waals surface area contributed by atoms with Gasteiger partial charge in [0.2, 0.25) is 5.91 Å². The number of benzene rings is 2. The van der Waals surface area contributed by atoms with Gasteiger partial charge in [-0.05, 0) is 42.5 Å². The molecule has 21 heavy (non-hydrogen) atoms. The summed E-state index contributed by atoms with van der Waals surface area (Å²) in [6.07, 6.45) is 0.959. The van der Waals surface area contributed by atoms with Crippen molar-refractivity contribution in [1.29, 1.82) is 0 Å². The highest BCUT2D eigenvalue weighted by Crippen LogP contribution is 2.47. The van der Waals surface area contributed by atoms with Gasteiger partial charge in [-0.1, -0.05) is 58.4 Å². The van der Waals surface area contributed by atoms with Gasteiger partial charge in [-0.3, -0.25) is 4.79 Å². The van der Waals surface area contributed by atoms with Crippen molar-refractivity contribution < 1.29 is 4.79 Å². The summed E-state index contributed by atoms with van der Waals surface area (Å²) >= 11 is 3.47. The van der Waals surface area contributed by atoms with Crippen molar-refractivity contribution >= 4 is 21.8 Å². The van der Waals surface area contributed by atoms with Crippen LogP contribution in [0.15, 0.2) is 59.1 Å². The van der Waals surface area contributed by atoms with Crippen LogP contribution in [0.1, 0.15) is 36.4 Å². The number of hydrogen-bond donors (Lipinski definition) is 1. The summed E-state index contributed by atoms with van der Waals surface area (Å²) in [5.74, 6) is 0.680. The van der Waals surface area contributed by atoms with Crippen LogP contribution in [0.25, 0.3) is 0 Å². The first-order valence-corrected chi connectivity index (χ1v) is 8.05. The molecule has 1 aliphatic rings. The molecule has 3 atom stereocenters. The second kappa shape index (κ2) is 6.02. The molecule has 0 heterocycles. The van der Waals surface area contributed by atoms with Crippen molar-refractivity contribution in [2.45, 2.75) is 25.3 Å². The number of carbonyl (C=O) groups is 1. The maximum atomic E-state index is 12.3. The van der Waals surface area contributed by atoms with E-state index in [2.05, 4.69) is 33.4 Å². The molecule has 2 aromatic rings. The zero-order valence-corrected chi connectivity index (χ0v) is 13.5. The zero-order chi connectivity index (χ0) is 14.8. The topological polar surface area (TPSA) is 29.1 Å². The van der Waals surface area contributed by atoms with Crippen LogP contribution in [0, 0.1) is 5.92 Å². The van der Waals surface area contributed by atoms with Crippen molar-refractivity contribution in [2.24, 2.45) is 5.92 Å². The Hall–Kier alpha value is -1.61. The Labute approximate surface area is 133 Å². The van der Waals surface area contributed by atoms with E-state index in [4.69, 9.17) is 0 Å². The predicted octanol–water partition coefficient (Wildman–Crippen LogP) is 4.43. The lowest BCUT2D eigenvalue weighted by Crippen LogP contribution is -2.28. The molecule has 1 saturated carbocycles. The van der Waals surface area contributed by atoms with Gasteiger partial charge >= 0.3 is 0 Å². The van der Waals surface area contributed by atoms with Gasteiger partial charge in [-0.2, -0.15) is 0 Å². The Morgan fingerprint density at radius 2 is 1.95 bits per heavy atom. The van der Waals surface area contributed by atoms with Gasteiger partial charge in [0.25, 0.3) is 0 Å². The first-order valence-electron chi connectivity index (χ1n) is 7.26. The average molecular weight is 344 g/mol. The lowest BCUT2D eigenvalue weighted by molar-refractivity contribution is -0.123. The Morgan fingerprint density at radius 1 is 1.19 bits per heavy atom. The molecular formula is C18H18BrNO. The van der Waals surface area contributed by atoms with E-state index in [0.717, 1.165) is 16.5 Å². The molecule has 2 nitrogen and oxygen atoms in total. The van der Waals surface area contributed by atoms with Crippen molar-refractivity contribution in [2.75, 3.05) is 0 Å². The molecule has 1 amide bonds. The quantitative estimate of drug-likeness (QED) is 0.873. The van der Waals surface area contributed by atoms with Gasteiger partial charge in [0, 0.05) is 10.4 Å². The molecule has 1 N–H and O–H groups in total. The highest BCUT2D eigenvalue weighted by atomic mass is 79.9. The third kappa shape index (κ3) is 3.35. The van der Waals surface area contributed by atoms with Crippen molar-refractivity contribution in [3.63, 3.8) is 0 Å². The third-order valence-electron chi connectivity index (χ3n) is 4.06. The minimum Gasteiger partial charge on any atom is -0.349 e. The van der Waals surface area contributed by atoms with Crippen molar-refractivity contribution in [3.8, 4) is 0 Å². The molecule has 108 valence electrons. The molecule has 3 rings (SSSR count). The molecule has 1 aliphatic carbocycles. The molecule has 3 unspecified atom stereocenters. The van der Waals surface area contributed by atoms with E-state index < -0.39 is 0 Å². The normalized spacial score (nSPS) is 21.6. The Balaban J connectivity index is 1.60. The highest BCUT2D eigenvalue weighted by molar-refractivity contribution is 9.10. The van der Waals surface area contributed by atoms with E-state index in [1.54, 1.807) is 0 Å². The lowest BCUT2D eigenvalue weighted by Gasteiger charge is -2.14. The monoisotopic (exact) mass is 343 g/mol. The van der Waals surface area contributed by atoms with E-state index in [0.29, 0.717) is 5.92 Å². The van der Waals surface area contributed by atoms with Crippen LogP contribution in [0.3, 0.4) is 0 Å². The Kier molecular flexibility index (Phi) is 4.11. The van der Waals surface area contributed by atoms with Crippen molar-refractivity contribution in [1.82, 2.24) is 5.32 Å². The maximum absolute atomic E-state index is 12.3. The smallest absolute Gasteiger partial charge is 0.224 e. The van der Waals surface area contributed by atoms with Crippen molar-refractivity contribution in [3.05, 3.63) is 70.2 Å². The van der Waals surface area contributed by atoms with Crippen LogP contribution in [-0.4, -0.2) is 5.91 Å². The molecular weight excluding hydrogens is 326 g/mol. The summed E-state index contributed by atoms with van der Waals surface area (Å²) in [5, 5.41) is 3.13. The molecule has 1 fully saturated rings. The molecule has 0 aromatic heterocycles. The maximum Gasteiger partial charge on any atom is 0.224 e. The Bertz CT molecular complexity index is 641. The minimum absolute atomic E-state index is 0.0343. The third-order valence-corrected chi connectivity index (χ3v) is 4.56. The Morgan fingerprint density at radius 3 is 2.67 bits per heavy atom. The predicted molar refractivity (Wildman–Crippen MR) is 88.0 cm³/mol. The fourth-order valence-electron chi connectivity index (χ4n) is 2.73. The average Bonchev–Trinajstić information content (AvgIpc) is 3.28. The standard InChI is InChI=1S/C18H18BrNO/c1-12(14-8-5-9-15(19)10-14)20-18(21)17-11-16(17)13-6-3-2-4-7-13/h2-10,12,16-17H,11H2,1H3,(H,20,21). The first-order chi connectivity index (χ1) is 10.1. The highest BCUT2D eigenvalue weighted by Gasteiger charge is 2.44. The molecule has 0 radical (unpaired) electrons. The van der Waals surface area contributed by atoms with Gasteiger partial charge in [-0.25, -0.2) is 0 Å². The molecule has 2 aromatic carbocycles. The summed E-state index contributed by atoms with van der Waals surface area (Å²) in [6, 6.07) is 18.4. The van der Waals surface area contributed by atoms with Crippen LogP contribution in [0.2, 0.25) is 0 Å². The number of halogens is 1. The van der Waals surface area contributed by atoms with Gasteiger partial charge in [-0.15, -0.1) is 0 Å². The first kappa shape index (κ1) is 14.3. The largest absolute Gasteiger partial charge is 0.349 e. The number of nitrogens with one attached hydrogen (secondary N) is 1. The van der Waals surface area contributed by atoms with Crippen LogP contribution in [0.5, 0.6) is 0 Å².